The summed E-state index contributed by atoms with van der Waals surface area (Å²) in [7, 11) is 0. The molecule has 3 aromatic carbocycles. The zero-order valence-electron chi connectivity index (χ0n) is 17.6. The lowest BCUT2D eigenvalue weighted by molar-refractivity contribution is -0.276. The van der Waals surface area contributed by atoms with E-state index in [-0.39, 0.29) is 12.1 Å². The van der Waals surface area contributed by atoms with Crippen molar-refractivity contribution >= 4 is 0 Å². The van der Waals surface area contributed by atoms with E-state index in [9.17, 15) is 39.5 Å². The Kier molecular flexibility index (Phi) is 7.13. The maximum atomic E-state index is 14.4. The van der Waals surface area contributed by atoms with Gasteiger partial charge in [0.2, 0.25) is 5.75 Å². The first-order chi connectivity index (χ1) is 16.2. The van der Waals surface area contributed by atoms with Crippen LogP contribution in [0.4, 0.5) is 39.5 Å². The zero-order valence-corrected chi connectivity index (χ0v) is 17.6. The van der Waals surface area contributed by atoms with Crippen LogP contribution in [0.2, 0.25) is 0 Å². The Bertz CT molecular complexity index is 1140. The van der Waals surface area contributed by atoms with E-state index in [1.807, 2.05) is 6.92 Å². The quantitative estimate of drug-likeness (QED) is 0.291. The first-order valence-electron chi connectivity index (χ1n) is 9.78. The molecule has 0 N–H and O–H groups in total. The summed E-state index contributed by atoms with van der Waals surface area (Å²) < 4.78 is 134. The molecule has 0 heterocycles. The average molecular weight is 510 g/mol. The van der Waals surface area contributed by atoms with Crippen LogP contribution in [0.15, 0.2) is 60.7 Å². The smallest absolute Gasteiger partial charge is 0.429 e. The van der Waals surface area contributed by atoms with E-state index in [0.717, 1.165) is 17.7 Å². The molecule has 0 unspecified atom stereocenters. The first-order valence-corrected chi connectivity index (χ1v) is 9.78. The molecule has 3 aromatic rings. The van der Waals surface area contributed by atoms with Crippen molar-refractivity contribution in [1.29, 1.82) is 0 Å². The van der Waals surface area contributed by atoms with Gasteiger partial charge in [-0.05, 0) is 48.4 Å². The van der Waals surface area contributed by atoms with Crippen molar-refractivity contribution in [2.24, 2.45) is 0 Å². The van der Waals surface area contributed by atoms with Crippen molar-refractivity contribution < 1.29 is 53.7 Å². The molecule has 0 radical (unpaired) electrons. The van der Waals surface area contributed by atoms with E-state index in [0.29, 0.717) is 18.6 Å². The molecular formula is C23H15F9O3. The van der Waals surface area contributed by atoms with E-state index >= 15 is 0 Å². The van der Waals surface area contributed by atoms with Gasteiger partial charge in [-0.2, -0.15) is 17.6 Å². The summed E-state index contributed by atoms with van der Waals surface area (Å²) in [6.07, 6.45) is -12.8. The fourth-order valence-corrected chi connectivity index (χ4v) is 2.87. The second kappa shape index (κ2) is 9.59. The van der Waals surface area contributed by atoms with Gasteiger partial charge >= 0.3 is 18.6 Å². The highest BCUT2D eigenvalue weighted by atomic mass is 19.4. The Morgan fingerprint density at radius 1 is 0.600 bits per heavy atom. The Hall–Kier alpha value is -3.57. The maximum absolute atomic E-state index is 14.4. The average Bonchev–Trinajstić information content (AvgIpc) is 2.75. The van der Waals surface area contributed by atoms with Crippen LogP contribution in [0.1, 0.15) is 23.6 Å². The summed E-state index contributed by atoms with van der Waals surface area (Å²) in [5, 5.41) is 0. The molecule has 0 atom stereocenters. The third-order valence-electron chi connectivity index (χ3n) is 4.57. The van der Waals surface area contributed by atoms with Crippen molar-refractivity contribution in [3.8, 4) is 17.2 Å². The van der Waals surface area contributed by atoms with Gasteiger partial charge in [-0.15, -0.1) is 13.2 Å². The van der Waals surface area contributed by atoms with Crippen molar-refractivity contribution in [2.45, 2.75) is 31.9 Å². The molecule has 0 saturated heterocycles. The van der Waals surface area contributed by atoms with E-state index in [2.05, 4.69) is 14.2 Å². The molecule has 188 valence electrons. The minimum Gasteiger partial charge on any atom is -0.429 e. The number of rotatable bonds is 8. The van der Waals surface area contributed by atoms with Crippen LogP contribution < -0.4 is 14.2 Å². The van der Waals surface area contributed by atoms with Gasteiger partial charge in [0.25, 0.3) is 0 Å². The minimum atomic E-state index is -5.42. The largest absolute Gasteiger partial charge is 0.573 e. The summed E-state index contributed by atoms with van der Waals surface area (Å²) in [6, 6.07) is 8.36. The van der Waals surface area contributed by atoms with E-state index < -0.39 is 58.6 Å². The Labute approximate surface area is 192 Å². The van der Waals surface area contributed by atoms with Crippen molar-refractivity contribution in [1.82, 2.24) is 0 Å². The highest BCUT2D eigenvalue weighted by Crippen LogP contribution is 2.38. The zero-order chi connectivity index (χ0) is 26.0. The van der Waals surface area contributed by atoms with Gasteiger partial charge in [-0.1, -0.05) is 19.1 Å². The third kappa shape index (κ3) is 6.52. The lowest BCUT2D eigenvalue weighted by Gasteiger charge is -2.21. The second-order valence-corrected chi connectivity index (χ2v) is 7.08. The SMILES string of the molecule is CCc1ccc(C(F)(F)Oc2ccc(C(F)(F)Oc3cc(F)c(OC(F)(F)F)c(F)c3)cc2)cc1. The molecule has 0 aliphatic heterocycles. The van der Waals surface area contributed by atoms with Crippen molar-refractivity contribution in [3.05, 3.63) is 89.0 Å². The molecule has 0 bridgehead atoms. The lowest BCUT2D eigenvalue weighted by atomic mass is 10.1. The second-order valence-electron chi connectivity index (χ2n) is 7.08. The van der Waals surface area contributed by atoms with Crippen LogP contribution in [0.3, 0.4) is 0 Å². The fraction of sp³-hybridized carbons (Fsp3) is 0.217. The van der Waals surface area contributed by atoms with Gasteiger partial charge in [0.1, 0.15) is 11.5 Å². The van der Waals surface area contributed by atoms with Crippen LogP contribution in [0, 0.1) is 11.6 Å². The lowest BCUT2D eigenvalue weighted by Crippen LogP contribution is -2.23. The number of hydrogen-bond donors (Lipinski definition) is 0. The van der Waals surface area contributed by atoms with Gasteiger partial charge in [-0.3, -0.25) is 0 Å². The first kappa shape index (κ1) is 26.0. The fourth-order valence-electron chi connectivity index (χ4n) is 2.87. The molecule has 0 spiro atoms. The van der Waals surface area contributed by atoms with Crippen molar-refractivity contribution in [2.75, 3.05) is 0 Å². The summed E-state index contributed by atoms with van der Waals surface area (Å²) in [4.78, 5) is 0. The van der Waals surface area contributed by atoms with Gasteiger partial charge in [0, 0.05) is 12.1 Å². The standard InChI is InChI=1S/C23H15F9O3/c1-2-13-3-5-14(6-4-13)21(26,27)33-16-9-7-15(8-10-16)22(28,29)34-17-11-18(24)20(19(25)12-17)35-23(30,31)32/h3-12H,2H2,1H3. The number of benzene rings is 3. The van der Waals surface area contributed by atoms with Crippen LogP contribution >= 0.6 is 0 Å². The number of alkyl halides is 7. The van der Waals surface area contributed by atoms with Crippen LogP contribution in [-0.4, -0.2) is 6.36 Å². The van der Waals surface area contributed by atoms with Gasteiger partial charge in [0.15, 0.2) is 11.6 Å². The number of ether oxygens (including phenoxy) is 3. The molecule has 0 aliphatic carbocycles. The molecule has 0 amide bonds. The minimum absolute atomic E-state index is 0.0694. The van der Waals surface area contributed by atoms with Gasteiger partial charge in [-0.25, -0.2) is 8.78 Å². The molecule has 35 heavy (non-hydrogen) atoms. The van der Waals surface area contributed by atoms with Crippen LogP contribution in [-0.2, 0) is 18.6 Å². The monoisotopic (exact) mass is 510 g/mol. The molecule has 0 fully saturated rings. The summed E-state index contributed by atoms with van der Waals surface area (Å²) in [5.74, 6) is -7.35. The van der Waals surface area contributed by atoms with Crippen LogP contribution in [0.5, 0.6) is 17.2 Å². The molecule has 0 saturated carbocycles. The van der Waals surface area contributed by atoms with E-state index in [1.54, 1.807) is 0 Å². The Morgan fingerprint density at radius 3 is 1.46 bits per heavy atom. The normalized spacial score (nSPS) is 12.4. The van der Waals surface area contributed by atoms with Crippen LogP contribution in [0.25, 0.3) is 0 Å². The number of aryl methyl sites for hydroxylation is 1. The van der Waals surface area contributed by atoms with Crippen molar-refractivity contribution in [3.63, 3.8) is 0 Å². The maximum Gasteiger partial charge on any atom is 0.573 e. The Balaban J connectivity index is 1.74. The topological polar surface area (TPSA) is 27.7 Å². The van der Waals surface area contributed by atoms with E-state index in [4.69, 9.17) is 0 Å². The summed E-state index contributed by atoms with van der Waals surface area (Å²) >= 11 is 0. The number of halogens is 9. The highest BCUT2D eigenvalue weighted by Gasteiger charge is 2.38. The highest BCUT2D eigenvalue weighted by molar-refractivity contribution is 5.36. The van der Waals surface area contributed by atoms with E-state index in [1.165, 1.54) is 24.3 Å². The summed E-state index contributed by atoms with van der Waals surface area (Å²) in [5.41, 5.74) is -0.565. The summed E-state index contributed by atoms with van der Waals surface area (Å²) in [6.45, 7) is 1.84. The molecule has 3 nitrogen and oxygen atoms in total. The predicted molar refractivity (Wildman–Crippen MR) is 104 cm³/mol. The predicted octanol–water partition coefficient (Wildman–Crippen LogP) is 7.68. The molecule has 0 aliphatic rings. The van der Waals surface area contributed by atoms with Gasteiger partial charge in [0.05, 0.1) is 11.1 Å². The molecule has 12 heteroatoms. The Morgan fingerprint density at radius 2 is 1.03 bits per heavy atom. The number of hydrogen-bond acceptors (Lipinski definition) is 3. The third-order valence-corrected chi connectivity index (χ3v) is 4.57. The molecule has 3 rings (SSSR count). The van der Waals surface area contributed by atoms with Gasteiger partial charge < -0.3 is 14.2 Å². The molecule has 0 aromatic heterocycles. The molecular weight excluding hydrogens is 495 g/mol.